The molecule has 0 radical (unpaired) electrons. The Bertz CT molecular complexity index is 314. The van der Waals surface area contributed by atoms with Gasteiger partial charge in [-0.2, -0.15) is 11.8 Å². The van der Waals surface area contributed by atoms with Gasteiger partial charge >= 0.3 is 0 Å². The Morgan fingerprint density at radius 2 is 2.13 bits per heavy atom. The zero-order valence-electron chi connectivity index (χ0n) is 9.36. The molecule has 0 spiro atoms. The summed E-state index contributed by atoms with van der Waals surface area (Å²) in [7, 11) is 0. The van der Waals surface area contributed by atoms with E-state index in [1.54, 1.807) is 11.8 Å². The van der Waals surface area contributed by atoms with Crippen LogP contribution in [0.15, 0.2) is 18.2 Å². The van der Waals surface area contributed by atoms with Crippen molar-refractivity contribution in [2.45, 2.75) is 19.9 Å². The first-order valence-corrected chi connectivity index (χ1v) is 6.32. The summed E-state index contributed by atoms with van der Waals surface area (Å²) < 4.78 is 0. The van der Waals surface area contributed by atoms with Crippen molar-refractivity contribution in [3.05, 3.63) is 34.9 Å². The van der Waals surface area contributed by atoms with E-state index in [0.717, 1.165) is 11.5 Å². The van der Waals surface area contributed by atoms with Gasteiger partial charge in [-0.15, -0.1) is 0 Å². The van der Waals surface area contributed by atoms with E-state index >= 15 is 0 Å². The second-order valence-electron chi connectivity index (χ2n) is 3.77. The van der Waals surface area contributed by atoms with Gasteiger partial charge in [0.2, 0.25) is 0 Å². The van der Waals surface area contributed by atoms with Crippen molar-refractivity contribution in [2.75, 3.05) is 18.1 Å². The van der Waals surface area contributed by atoms with Crippen LogP contribution in [0, 0.1) is 13.8 Å². The maximum absolute atomic E-state index is 8.69. The Kier molecular flexibility index (Phi) is 5.15. The van der Waals surface area contributed by atoms with Crippen LogP contribution in [0.2, 0.25) is 0 Å². The van der Waals surface area contributed by atoms with Gasteiger partial charge in [-0.3, -0.25) is 0 Å². The number of aliphatic hydroxyl groups is 1. The highest BCUT2D eigenvalue weighted by Crippen LogP contribution is 2.20. The van der Waals surface area contributed by atoms with E-state index in [4.69, 9.17) is 10.8 Å². The van der Waals surface area contributed by atoms with Crippen molar-refractivity contribution in [2.24, 2.45) is 5.73 Å². The summed E-state index contributed by atoms with van der Waals surface area (Å²) in [5.74, 6) is 1.63. The molecule has 1 aromatic rings. The van der Waals surface area contributed by atoms with Crippen LogP contribution in [0.1, 0.15) is 22.7 Å². The van der Waals surface area contributed by atoms with Crippen molar-refractivity contribution < 1.29 is 5.11 Å². The molecule has 0 saturated heterocycles. The predicted molar refractivity (Wildman–Crippen MR) is 67.3 cm³/mol. The third kappa shape index (κ3) is 3.86. The monoisotopic (exact) mass is 225 g/mol. The molecule has 0 amide bonds. The lowest BCUT2D eigenvalue weighted by molar-refractivity contribution is 0.322. The van der Waals surface area contributed by atoms with Crippen molar-refractivity contribution in [3.63, 3.8) is 0 Å². The number of aliphatic hydroxyl groups excluding tert-OH is 1. The van der Waals surface area contributed by atoms with Crippen LogP contribution in [-0.4, -0.2) is 23.2 Å². The Morgan fingerprint density at radius 1 is 1.40 bits per heavy atom. The quantitative estimate of drug-likeness (QED) is 0.754. The van der Waals surface area contributed by atoms with Gasteiger partial charge in [-0.25, -0.2) is 0 Å². The van der Waals surface area contributed by atoms with E-state index in [9.17, 15) is 0 Å². The molecule has 0 heterocycles. The van der Waals surface area contributed by atoms with Crippen LogP contribution in [0.5, 0.6) is 0 Å². The number of hydrogen-bond donors (Lipinski definition) is 2. The number of rotatable bonds is 5. The molecule has 3 N–H and O–H groups in total. The summed E-state index contributed by atoms with van der Waals surface area (Å²) in [5.41, 5.74) is 9.82. The lowest BCUT2D eigenvalue weighted by Crippen LogP contribution is -2.15. The third-order valence-electron chi connectivity index (χ3n) is 2.37. The van der Waals surface area contributed by atoms with Crippen molar-refractivity contribution in [3.8, 4) is 0 Å². The molecule has 15 heavy (non-hydrogen) atoms. The molecule has 0 aliphatic heterocycles. The van der Waals surface area contributed by atoms with E-state index in [1.807, 2.05) is 0 Å². The fraction of sp³-hybridized carbons (Fsp3) is 0.500. The molecule has 0 saturated carbocycles. The average Bonchev–Trinajstić information content (AvgIpc) is 2.22. The van der Waals surface area contributed by atoms with Crippen LogP contribution in [0.4, 0.5) is 0 Å². The summed E-state index contributed by atoms with van der Waals surface area (Å²) in [6.07, 6.45) is 0. The fourth-order valence-electron chi connectivity index (χ4n) is 1.52. The molecular weight excluding hydrogens is 206 g/mol. The molecule has 2 nitrogen and oxygen atoms in total. The molecule has 1 atom stereocenters. The Labute approximate surface area is 95.9 Å². The van der Waals surface area contributed by atoms with Gasteiger partial charge in [0.25, 0.3) is 0 Å². The molecule has 0 aromatic heterocycles. The molecule has 1 aromatic carbocycles. The molecule has 0 bridgehead atoms. The van der Waals surface area contributed by atoms with Gasteiger partial charge in [0.15, 0.2) is 0 Å². The topological polar surface area (TPSA) is 46.2 Å². The summed E-state index contributed by atoms with van der Waals surface area (Å²) in [6.45, 7) is 4.39. The normalized spacial score (nSPS) is 12.8. The molecule has 84 valence electrons. The summed E-state index contributed by atoms with van der Waals surface area (Å²) >= 11 is 1.70. The van der Waals surface area contributed by atoms with Gasteiger partial charge in [0.05, 0.1) is 6.61 Å². The molecule has 3 heteroatoms. The lowest BCUT2D eigenvalue weighted by atomic mass is 10.0. The standard InChI is InChI=1S/C12H19NOS/c1-9-3-4-10(2)11(7-9)12(13)8-15-6-5-14/h3-4,7,12,14H,5-6,8,13H2,1-2H3. The van der Waals surface area contributed by atoms with Crippen molar-refractivity contribution in [1.29, 1.82) is 0 Å². The summed E-state index contributed by atoms with van der Waals surface area (Å²) in [6, 6.07) is 6.44. The highest BCUT2D eigenvalue weighted by Gasteiger charge is 2.08. The number of nitrogens with two attached hydrogens (primary N) is 1. The number of aryl methyl sites for hydroxylation is 2. The zero-order chi connectivity index (χ0) is 11.3. The van der Waals surface area contributed by atoms with Crippen molar-refractivity contribution in [1.82, 2.24) is 0 Å². The Hall–Kier alpha value is -0.510. The van der Waals surface area contributed by atoms with Gasteiger partial charge < -0.3 is 10.8 Å². The minimum absolute atomic E-state index is 0.0708. The highest BCUT2D eigenvalue weighted by atomic mass is 32.2. The zero-order valence-corrected chi connectivity index (χ0v) is 10.2. The molecule has 0 fully saturated rings. The van der Waals surface area contributed by atoms with Crippen LogP contribution >= 0.6 is 11.8 Å². The Balaban J connectivity index is 2.64. The molecule has 0 aliphatic rings. The van der Waals surface area contributed by atoms with Crippen LogP contribution < -0.4 is 5.73 Å². The molecule has 1 unspecified atom stereocenters. The summed E-state index contributed by atoms with van der Waals surface area (Å²) in [4.78, 5) is 0. The summed E-state index contributed by atoms with van der Waals surface area (Å²) in [5, 5.41) is 8.69. The maximum Gasteiger partial charge on any atom is 0.0521 e. The SMILES string of the molecule is Cc1ccc(C)c(C(N)CSCCO)c1. The smallest absolute Gasteiger partial charge is 0.0521 e. The van der Waals surface area contributed by atoms with Crippen LogP contribution in [0.25, 0.3) is 0 Å². The molecular formula is C12H19NOS. The maximum atomic E-state index is 8.69. The van der Waals surface area contributed by atoms with Gasteiger partial charge in [-0.05, 0) is 25.0 Å². The first kappa shape index (κ1) is 12.6. The first-order valence-electron chi connectivity index (χ1n) is 5.16. The third-order valence-corrected chi connectivity index (χ3v) is 3.43. The van der Waals surface area contributed by atoms with Gasteiger partial charge in [0, 0.05) is 17.5 Å². The van der Waals surface area contributed by atoms with E-state index in [0.29, 0.717) is 0 Å². The highest BCUT2D eigenvalue weighted by molar-refractivity contribution is 7.99. The Morgan fingerprint density at radius 3 is 2.80 bits per heavy atom. The van der Waals surface area contributed by atoms with Crippen LogP contribution in [-0.2, 0) is 0 Å². The lowest BCUT2D eigenvalue weighted by Gasteiger charge is -2.14. The first-order chi connectivity index (χ1) is 7.15. The molecule has 1 rings (SSSR count). The van der Waals surface area contributed by atoms with Crippen LogP contribution in [0.3, 0.4) is 0 Å². The van der Waals surface area contributed by atoms with E-state index in [1.165, 1.54) is 16.7 Å². The van der Waals surface area contributed by atoms with Crippen molar-refractivity contribution >= 4 is 11.8 Å². The van der Waals surface area contributed by atoms with E-state index < -0.39 is 0 Å². The number of benzene rings is 1. The van der Waals surface area contributed by atoms with E-state index in [-0.39, 0.29) is 12.6 Å². The van der Waals surface area contributed by atoms with Gasteiger partial charge in [0.1, 0.15) is 0 Å². The average molecular weight is 225 g/mol. The van der Waals surface area contributed by atoms with E-state index in [2.05, 4.69) is 32.0 Å². The fourth-order valence-corrected chi connectivity index (χ4v) is 2.25. The number of thioether (sulfide) groups is 1. The minimum Gasteiger partial charge on any atom is -0.396 e. The minimum atomic E-state index is 0.0708. The largest absolute Gasteiger partial charge is 0.396 e. The second-order valence-corrected chi connectivity index (χ2v) is 4.91. The number of hydrogen-bond acceptors (Lipinski definition) is 3. The molecule has 0 aliphatic carbocycles. The predicted octanol–water partition coefficient (Wildman–Crippen LogP) is 2.03. The van der Waals surface area contributed by atoms with Gasteiger partial charge in [-0.1, -0.05) is 23.8 Å². The second kappa shape index (κ2) is 6.16.